The molecule has 19 heavy (non-hydrogen) atoms. The van der Waals surface area contributed by atoms with Crippen LogP contribution in [0.2, 0.25) is 0 Å². The van der Waals surface area contributed by atoms with Crippen molar-refractivity contribution in [2.24, 2.45) is 5.92 Å². The van der Waals surface area contributed by atoms with Crippen molar-refractivity contribution in [2.75, 3.05) is 12.3 Å². The lowest BCUT2D eigenvalue weighted by Crippen LogP contribution is -2.43. The van der Waals surface area contributed by atoms with Gasteiger partial charge in [-0.25, -0.2) is 4.79 Å². The van der Waals surface area contributed by atoms with Crippen LogP contribution < -0.4 is 0 Å². The molecule has 7 nitrogen and oxygen atoms in total. The highest BCUT2D eigenvalue weighted by Crippen LogP contribution is 2.25. The quantitative estimate of drug-likeness (QED) is 0.710. The number of hydrogen-bond acceptors (Lipinski definition) is 5. The summed E-state index contributed by atoms with van der Waals surface area (Å²) in [5, 5.41) is 17.6. The molecule has 1 fully saturated rings. The van der Waals surface area contributed by atoms with E-state index in [2.05, 4.69) is 0 Å². The first-order valence-corrected chi connectivity index (χ1v) is 6.67. The van der Waals surface area contributed by atoms with Crippen LogP contribution in [-0.4, -0.2) is 56.4 Å². The van der Waals surface area contributed by atoms with Crippen molar-refractivity contribution < 1.29 is 29.4 Å². The van der Waals surface area contributed by atoms with E-state index in [0.29, 0.717) is 5.75 Å². The average Bonchev–Trinajstić information content (AvgIpc) is 2.64. The monoisotopic (exact) mass is 289 g/mol. The van der Waals surface area contributed by atoms with Gasteiger partial charge >= 0.3 is 11.9 Å². The molecule has 2 N–H and O–H groups in total. The molecule has 1 amide bonds. The summed E-state index contributed by atoms with van der Waals surface area (Å²) in [7, 11) is 0. The molecule has 0 spiro atoms. The van der Waals surface area contributed by atoms with Crippen molar-refractivity contribution >= 4 is 34.7 Å². The highest BCUT2D eigenvalue weighted by atomic mass is 32.2. The van der Waals surface area contributed by atoms with Gasteiger partial charge in [-0.15, -0.1) is 0 Å². The molecule has 1 rings (SSSR count). The van der Waals surface area contributed by atoms with Gasteiger partial charge in [-0.1, -0.05) is 11.8 Å². The van der Waals surface area contributed by atoms with Gasteiger partial charge in [0, 0.05) is 25.6 Å². The summed E-state index contributed by atoms with van der Waals surface area (Å²) in [5.74, 6) is -2.63. The van der Waals surface area contributed by atoms with Crippen LogP contribution in [0.15, 0.2) is 0 Å². The van der Waals surface area contributed by atoms with E-state index in [4.69, 9.17) is 10.2 Å². The Hall–Kier alpha value is -1.57. The number of thioether (sulfide) groups is 1. The number of carbonyl (C=O) groups is 4. The lowest BCUT2D eigenvalue weighted by Gasteiger charge is -2.23. The minimum Gasteiger partial charge on any atom is -0.481 e. The summed E-state index contributed by atoms with van der Waals surface area (Å²) in [5.41, 5.74) is 0. The SMILES string of the molecule is CC(=O)SCC1CC(=O)N([C@@H](CC(=O)O)C(=O)O)C1. The summed E-state index contributed by atoms with van der Waals surface area (Å²) in [4.78, 5) is 45.3. The summed E-state index contributed by atoms with van der Waals surface area (Å²) in [6.07, 6.45) is -0.461. The molecule has 0 aliphatic carbocycles. The van der Waals surface area contributed by atoms with Gasteiger partial charge in [0.05, 0.1) is 6.42 Å². The molecule has 0 aromatic carbocycles. The molecule has 8 heteroatoms. The largest absolute Gasteiger partial charge is 0.481 e. The van der Waals surface area contributed by atoms with Crippen LogP contribution in [0.25, 0.3) is 0 Å². The number of aliphatic carboxylic acids is 2. The number of likely N-dealkylation sites (tertiary alicyclic amines) is 1. The molecular weight excluding hydrogens is 274 g/mol. The fourth-order valence-electron chi connectivity index (χ4n) is 1.95. The third kappa shape index (κ3) is 4.55. The van der Waals surface area contributed by atoms with E-state index in [-0.39, 0.29) is 29.9 Å². The van der Waals surface area contributed by atoms with Gasteiger partial charge in [-0.3, -0.25) is 14.4 Å². The second kappa shape index (κ2) is 6.55. The van der Waals surface area contributed by atoms with E-state index < -0.39 is 24.4 Å². The zero-order valence-corrected chi connectivity index (χ0v) is 11.2. The van der Waals surface area contributed by atoms with Crippen LogP contribution in [0.4, 0.5) is 0 Å². The van der Waals surface area contributed by atoms with Crippen LogP contribution in [0.3, 0.4) is 0 Å². The molecule has 1 unspecified atom stereocenters. The van der Waals surface area contributed by atoms with Crippen LogP contribution >= 0.6 is 11.8 Å². The molecule has 0 radical (unpaired) electrons. The molecule has 1 aliphatic rings. The van der Waals surface area contributed by atoms with E-state index >= 15 is 0 Å². The van der Waals surface area contributed by atoms with Crippen molar-refractivity contribution in [1.29, 1.82) is 0 Å². The average molecular weight is 289 g/mol. The van der Waals surface area contributed by atoms with Gasteiger partial charge in [0.25, 0.3) is 0 Å². The first-order valence-electron chi connectivity index (χ1n) is 5.68. The minimum atomic E-state index is -1.34. The Balaban J connectivity index is 2.66. The summed E-state index contributed by atoms with van der Waals surface area (Å²) in [6, 6.07) is -1.34. The molecule has 0 aromatic rings. The van der Waals surface area contributed by atoms with E-state index in [9.17, 15) is 19.2 Å². The molecule has 1 heterocycles. The third-order valence-corrected chi connectivity index (χ3v) is 3.83. The van der Waals surface area contributed by atoms with Crippen molar-refractivity contribution in [1.82, 2.24) is 4.90 Å². The standard InChI is InChI=1S/C11H15NO6S/c1-6(13)19-5-7-2-9(14)12(4-7)8(11(17)18)3-10(15)16/h7-8H,2-5H2,1H3,(H,15,16)(H,17,18)/t7?,8-/m0/s1. The Morgan fingerprint density at radius 2 is 2.05 bits per heavy atom. The van der Waals surface area contributed by atoms with Gasteiger partial charge in [-0.2, -0.15) is 0 Å². The second-order valence-corrected chi connectivity index (χ2v) is 5.57. The lowest BCUT2D eigenvalue weighted by atomic mass is 10.1. The number of nitrogens with zero attached hydrogens (tertiary/aromatic N) is 1. The first-order chi connectivity index (χ1) is 8.81. The topological polar surface area (TPSA) is 112 Å². The Morgan fingerprint density at radius 1 is 1.42 bits per heavy atom. The normalized spacial score (nSPS) is 20.4. The first kappa shape index (κ1) is 15.5. The molecule has 0 bridgehead atoms. The Kier molecular flexibility index (Phi) is 5.34. The van der Waals surface area contributed by atoms with E-state index in [1.807, 2.05) is 0 Å². The van der Waals surface area contributed by atoms with Crippen molar-refractivity contribution in [3.05, 3.63) is 0 Å². The molecular formula is C11H15NO6S. The van der Waals surface area contributed by atoms with Crippen molar-refractivity contribution in [3.8, 4) is 0 Å². The number of hydrogen-bond donors (Lipinski definition) is 2. The molecule has 0 saturated carbocycles. The number of carboxylic acid groups (broad SMARTS) is 2. The van der Waals surface area contributed by atoms with Gasteiger partial charge in [0.2, 0.25) is 5.91 Å². The Bertz CT molecular complexity index is 410. The van der Waals surface area contributed by atoms with Crippen molar-refractivity contribution in [2.45, 2.75) is 25.8 Å². The predicted molar refractivity (Wildman–Crippen MR) is 66.6 cm³/mol. The zero-order valence-electron chi connectivity index (χ0n) is 10.4. The second-order valence-electron chi connectivity index (χ2n) is 4.37. The molecule has 0 aromatic heterocycles. The van der Waals surface area contributed by atoms with Gasteiger partial charge in [0.15, 0.2) is 5.12 Å². The predicted octanol–water partition coefficient (Wildman–Crippen LogP) is 0.0425. The Morgan fingerprint density at radius 3 is 2.53 bits per heavy atom. The number of carbonyl (C=O) groups excluding carboxylic acids is 2. The van der Waals surface area contributed by atoms with Gasteiger partial charge < -0.3 is 15.1 Å². The molecule has 106 valence electrons. The highest BCUT2D eigenvalue weighted by molar-refractivity contribution is 8.13. The van der Waals surface area contributed by atoms with Crippen molar-refractivity contribution in [3.63, 3.8) is 0 Å². The lowest BCUT2D eigenvalue weighted by molar-refractivity contribution is -0.153. The van der Waals surface area contributed by atoms with E-state index in [0.717, 1.165) is 16.7 Å². The van der Waals surface area contributed by atoms with Crippen LogP contribution in [0.1, 0.15) is 19.8 Å². The summed E-state index contributed by atoms with van der Waals surface area (Å²) < 4.78 is 0. The van der Waals surface area contributed by atoms with E-state index in [1.54, 1.807) is 0 Å². The van der Waals surface area contributed by atoms with Crippen LogP contribution in [0, 0.1) is 5.92 Å². The fourth-order valence-corrected chi connectivity index (χ4v) is 2.65. The summed E-state index contributed by atoms with van der Waals surface area (Å²) >= 11 is 1.09. The highest BCUT2D eigenvalue weighted by Gasteiger charge is 2.38. The third-order valence-electron chi connectivity index (χ3n) is 2.79. The molecule has 2 atom stereocenters. The molecule has 1 aliphatic heterocycles. The minimum absolute atomic E-state index is 0.0637. The fraction of sp³-hybridized carbons (Fsp3) is 0.636. The zero-order chi connectivity index (χ0) is 14.6. The Labute approximate surface area is 114 Å². The number of carboxylic acids is 2. The maximum atomic E-state index is 11.7. The van der Waals surface area contributed by atoms with Crippen LogP contribution in [-0.2, 0) is 19.2 Å². The van der Waals surface area contributed by atoms with Crippen LogP contribution in [0.5, 0.6) is 0 Å². The molecule has 1 saturated heterocycles. The maximum absolute atomic E-state index is 11.7. The number of amides is 1. The van der Waals surface area contributed by atoms with Gasteiger partial charge in [-0.05, 0) is 5.92 Å². The summed E-state index contributed by atoms with van der Waals surface area (Å²) in [6.45, 7) is 1.60. The smallest absolute Gasteiger partial charge is 0.327 e. The van der Waals surface area contributed by atoms with E-state index in [1.165, 1.54) is 6.92 Å². The number of rotatable bonds is 6. The maximum Gasteiger partial charge on any atom is 0.327 e. The van der Waals surface area contributed by atoms with Gasteiger partial charge in [0.1, 0.15) is 6.04 Å².